The Morgan fingerprint density at radius 1 is 1.12 bits per heavy atom. The van der Waals surface area contributed by atoms with E-state index < -0.39 is 29.9 Å². The van der Waals surface area contributed by atoms with Gasteiger partial charge in [-0.15, -0.1) is 0 Å². The third-order valence-electron chi connectivity index (χ3n) is 4.15. The van der Waals surface area contributed by atoms with E-state index in [2.05, 4.69) is 10.6 Å². The van der Waals surface area contributed by atoms with Gasteiger partial charge in [0, 0.05) is 5.02 Å². The van der Waals surface area contributed by atoms with Crippen molar-refractivity contribution >= 4 is 46.7 Å². The highest BCUT2D eigenvalue weighted by Crippen LogP contribution is 2.29. The van der Waals surface area contributed by atoms with Crippen molar-refractivity contribution in [3.63, 3.8) is 0 Å². The van der Waals surface area contributed by atoms with Gasteiger partial charge in [-0.05, 0) is 36.8 Å². The summed E-state index contributed by atoms with van der Waals surface area (Å²) in [7, 11) is 0. The zero-order chi connectivity index (χ0) is 18.9. The zero-order valence-electron chi connectivity index (χ0n) is 13.8. The van der Waals surface area contributed by atoms with E-state index in [0.717, 1.165) is 4.90 Å². The Kier molecular flexibility index (Phi) is 4.89. The maximum absolute atomic E-state index is 12.8. The summed E-state index contributed by atoms with van der Waals surface area (Å²) in [4.78, 5) is 38.2. The monoisotopic (exact) mass is 391 g/mol. The van der Waals surface area contributed by atoms with E-state index in [9.17, 15) is 14.4 Å². The number of hydrogen-bond acceptors (Lipinski definition) is 3. The number of para-hydroxylation sites is 1. The predicted octanol–water partition coefficient (Wildman–Crippen LogP) is 3.40. The van der Waals surface area contributed by atoms with Gasteiger partial charge in [0.2, 0.25) is 5.91 Å². The minimum atomic E-state index is -1.26. The summed E-state index contributed by atoms with van der Waals surface area (Å²) in [5.74, 6) is -1.04. The van der Waals surface area contributed by atoms with Gasteiger partial charge >= 0.3 is 6.03 Å². The number of benzene rings is 2. The minimum absolute atomic E-state index is 0.365. The smallest absolute Gasteiger partial charge is 0.323 e. The molecule has 0 aromatic heterocycles. The fraction of sp³-hybridized carbons (Fsp3) is 0.167. The number of nitrogens with one attached hydrogen (secondary N) is 2. The highest BCUT2D eigenvalue weighted by Gasteiger charge is 2.49. The largest absolute Gasteiger partial charge is 0.325 e. The second-order valence-corrected chi connectivity index (χ2v) is 6.83. The Morgan fingerprint density at radius 3 is 2.42 bits per heavy atom. The van der Waals surface area contributed by atoms with Crippen LogP contribution in [-0.4, -0.2) is 29.3 Å². The fourth-order valence-corrected chi connectivity index (χ4v) is 3.02. The SMILES string of the molecule is CC1(c2ccc(Cl)cc2)NC(=O)N(CC(=O)Nc2ccccc2Cl)C1=O. The van der Waals surface area contributed by atoms with Crippen LogP contribution in [0.15, 0.2) is 48.5 Å². The lowest BCUT2D eigenvalue weighted by Gasteiger charge is -2.22. The Hall–Kier alpha value is -2.57. The molecule has 0 aliphatic carbocycles. The molecule has 26 heavy (non-hydrogen) atoms. The molecule has 0 saturated carbocycles. The summed E-state index contributed by atoms with van der Waals surface area (Å²) in [6.07, 6.45) is 0. The maximum atomic E-state index is 12.8. The molecule has 1 atom stereocenters. The van der Waals surface area contributed by atoms with Crippen molar-refractivity contribution in [3.05, 3.63) is 64.1 Å². The molecule has 2 aromatic rings. The van der Waals surface area contributed by atoms with Gasteiger partial charge in [0.15, 0.2) is 0 Å². The van der Waals surface area contributed by atoms with Crippen LogP contribution >= 0.6 is 23.2 Å². The van der Waals surface area contributed by atoms with Gasteiger partial charge in [0.1, 0.15) is 12.1 Å². The van der Waals surface area contributed by atoms with Crippen molar-refractivity contribution in [2.24, 2.45) is 0 Å². The number of halogens is 2. The molecule has 1 heterocycles. The van der Waals surface area contributed by atoms with Crippen LogP contribution in [0.4, 0.5) is 10.5 Å². The summed E-state index contributed by atoms with van der Waals surface area (Å²) >= 11 is 11.9. The van der Waals surface area contributed by atoms with Gasteiger partial charge < -0.3 is 10.6 Å². The third-order valence-corrected chi connectivity index (χ3v) is 4.73. The molecule has 0 radical (unpaired) electrons. The molecule has 1 fully saturated rings. The first-order valence-electron chi connectivity index (χ1n) is 7.76. The molecule has 134 valence electrons. The lowest BCUT2D eigenvalue weighted by Crippen LogP contribution is -2.42. The molecule has 0 spiro atoms. The Balaban J connectivity index is 1.76. The molecule has 1 aliphatic heterocycles. The van der Waals surface area contributed by atoms with E-state index in [1.807, 2.05) is 0 Å². The molecular weight excluding hydrogens is 377 g/mol. The van der Waals surface area contributed by atoms with Crippen LogP contribution < -0.4 is 10.6 Å². The normalized spacial score (nSPS) is 19.4. The molecular formula is C18H15Cl2N3O3. The van der Waals surface area contributed by atoms with E-state index in [-0.39, 0.29) is 0 Å². The molecule has 0 bridgehead atoms. The molecule has 1 saturated heterocycles. The second-order valence-electron chi connectivity index (χ2n) is 5.98. The van der Waals surface area contributed by atoms with Crippen LogP contribution in [0.25, 0.3) is 0 Å². The van der Waals surface area contributed by atoms with Crippen LogP contribution in [0.3, 0.4) is 0 Å². The van der Waals surface area contributed by atoms with Crippen LogP contribution in [0.2, 0.25) is 10.0 Å². The Labute approximate surface area is 160 Å². The van der Waals surface area contributed by atoms with Crippen molar-refractivity contribution in [1.82, 2.24) is 10.2 Å². The predicted molar refractivity (Wildman–Crippen MR) is 99.1 cm³/mol. The number of hydrogen-bond donors (Lipinski definition) is 2. The van der Waals surface area contributed by atoms with Gasteiger partial charge in [-0.25, -0.2) is 4.79 Å². The molecule has 1 unspecified atom stereocenters. The highest BCUT2D eigenvalue weighted by molar-refractivity contribution is 6.33. The average molecular weight is 392 g/mol. The topological polar surface area (TPSA) is 78.5 Å². The summed E-state index contributed by atoms with van der Waals surface area (Å²) in [6.45, 7) is 1.17. The van der Waals surface area contributed by atoms with Crippen molar-refractivity contribution in [3.8, 4) is 0 Å². The number of carbonyl (C=O) groups is 3. The lowest BCUT2D eigenvalue weighted by molar-refractivity contribution is -0.133. The van der Waals surface area contributed by atoms with Gasteiger partial charge in [-0.1, -0.05) is 47.5 Å². The fourth-order valence-electron chi connectivity index (χ4n) is 2.72. The number of amides is 4. The summed E-state index contributed by atoms with van der Waals surface area (Å²) in [6, 6.07) is 12.7. The van der Waals surface area contributed by atoms with Crippen molar-refractivity contribution in [2.45, 2.75) is 12.5 Å². The standard InChI is InChI=1S/C18H15Cl2N3O3/c1-18(11-6-8-12(19)9-7-11)16(25)23(17(26)22-18)10-15(24)21-14-5-3-2-4-13(14)20/h2-9H,10H2,1H3,(H,21,24)(H,22,26). The number of imide groups is 1. The number of urea groups is 1. The Morgan fingerprint density at radius 2 is 1.77 bits per heavy atom. The van der Waals surface area contributed by atoms with Gasteiger partial charge in [-0.3, -0.25) is 14.5 Å². The molecule has 3 rings (SSSR count). The number of nitrogens with zero attached hydrogens (tertiary/aromatic N) is 1. The Bertz CT molecular complexity index is 886. The first kappa shape index (κ1) is 18.2. The van der Waals surface area contributed by atoms with Crippen molar-refractivity contribution in [2.75, 3.05) is 11.9 Å². The van der Waals surface area contributed by atoms with E-state index >= 15 is 0 Å². The number of rotatable bonds is 4. The zero-order valence-corrected chi connectivity index (χ0v) is 15.3. The summed E-state index contributed by atoms with van der Waals surface area (Å²) in [5, 5.41) is 6.11. The van der Waals surface area contributed by atoms with Gasteiger partial charge in [0.05, 0.1) is 10.7 Å². The molecule has 6 nitrogen and oxygen atoms in total. The number of anilines is 1. The summed E-state index contributed by atoms with van der Waals surface area (Å²) in [5.41, 5.74) is -0.271. The van der Waals surface area contributed by atoms with Crippen LogP contribution in [0, 0.1) is 0 Å². The van der Waals surface area contributed by atoms with E-state index in [1.54, 1.807) is 55.5 Å². The quantitative estimate of drug-likeness (QED) is 0.783. The van der Waals surface area contributed by atoms with Crippen molar-refractivity contribution < 1.29 is 14.4 Å². The first-order chi connectivity index (χ1) is 12.3. The lowest BCUT2D eigenvalue weighted by atomic mass is 9.92. The van der Waals surface area contributed by atoms with Crippen LogP contribution in [0.1, 0.15) is 12.5 Å². The minimum Gasteiger partial charge on any atom is -0.323 e. The average Bonchev–Trinajstić information content (AvgIpc) is 2.82. The molecule has 2 N–H and O–H groups in total. The molecule has 4 amide bonds. The van der Waals surface area contributed by atoms with Crippen LogP contribution in [-0.2, 0) is 15.1 Å². The van der Waals surface area contributed by atoms with E-state index in [1.165, 1.54) is 0 Å². The third kappa shape index (κ3) is 3.38. The van der Waals surface area contributed by atoms with Gasteiger partial charge in [0.25, 0.3) is 5.91 Å². The number of carbonyl (C=O) groups excluding carboxylic acids is 3. The molecule has 8 heteroatoms. The highest BCUT2D eigenvalue weighted by atomic mass is 35.5. The first-order valence-corrected chi connectivity index (χ1v) is 8.51. The summed E-state index contributed by atoms with van der Waals surface area (Å²) < 4.78 is 0. The second kappa shape index (κ2) is 6.97. The van der Waals surface area contributed by atoms with Gasteiger partial charge in [-0.2, -0.15) is 0 Å². The van der Waals surface area contributed by atoms with E-state index in [0.29, 0.717) is 21.3 Å². The van der Waals surface area contributed by atoms with E-state index in [4.69, 9.17) is 23.2 Å². The van der Waals surface area contributed by atoms with Crippen molar-refractivity contribution in [1.29, 1.82) is 0 Å². The molecule has 2 aromatic carbocycles. The van der Waals surface area contributed by atoms with Crippen LogP contribution in [0.5, 0.6) is 0 Å². The maximum Gasteiger partial charge on any atom is 0.325 e. The molecule has 1 aliphatic rings.